The zero-order chi connectivity index (χ0) is 16.8. The van der Waals surface area contributed by atoms with Gasteiger partial charge in [0.2, 0.25) is 5.91 Å². The van der Waals surface area contributed by atoms with Gasteiger partial charge in [0, 0.05) is 37.7 Å². The molecule has 0 atom stereocenters. The Bertz CT molecular complexity index is 720. The maximum absolute atomic E-state index is 12.1. The predicted molar refractivity (Wildman–Crippen MR) is 92.2 cm³/mol. The fourth-order valence-corrected chi connectivity index (χ4v) is 2.58. The van der Waals surface area contributed by atoms with Crippen molar-refractivity contribution in [3.8, 4) is 0 Å². The van der Waals surface area contributed by atoms with Gasteiger partial charge in [-0.05, 0) is 30.7 Å². The Labute approximate surface area is 139 Å². The fourth-order valence-electron chi connectivity index (χ4n) is 2.00. The third-order valence-corrected chi connectivity index (χ3v) is 4.06. The molecule has 2 amide bonds. The van der Waals surface area contributed by atoms with Crippen LogP contribution in [-0.4, -0.2) is 35.8 Å². The van der Waals surface area contributed by atoms with Crippen LogP contribution in [0.15, 0.2) is 35.7 Å². The molecule has 23 heavy (non-hydrogen) atoms. The summed E-state index contributed by atoms with van der Waals surface area (Å²) in [4.78, 5) is 29.5. The lowest BCUT2D eigenvalue weighted by Crippen LogP contribution is -2.24. The molecule has 5 nitrogen and oxygen atoms in total. The highest BCUT2D eigenvalue weighted by Crippen LogP contribution is 2.10. The van der Waals surface area contributed by atoms with Crippen LogP contribution in [0.3, 0.4) is 0 Å². The average Bonchev–Trinajstić information content (AvgIpc) is 2.98. The number of thiazole rings is 1. The van der Waals surface area contributed by atoms with E-state index in [0.717, 1.165) is 16.3 Å². The first-order chi connectivity index (χ1) is 11.0. The van der Waals surface area contributed by atoms with E-state index in [-0.39, 0.29) is 11.8 Å². The number of carbonyl (C=O) groups is 2. The van der Waals surface area contributed by atoms with Crippen LogP contribution in [0.1, 0.15) is 26.6 Å². The van der Waals surface area contributed by atoms with Gasteiger partial charge in [-0.1, -0.05) is 12.1 Å². The molecule has 0 saturated heterocycles. The van der Waals surface area contributed by atoms with Crippen molar-refractivity contribution in [1.82, 2.24) is 15.2 Å². The summed E-state index contributed by atoms with van der Waals surface area (Å²) in [5, 5.41) is 5.46. The van der Waals surface area contributed by atoms with E-state index in [0.29, 0.717) is 12.1 Å². The topological polar surface area (TPSA) is 62.3 Å². The summed E-state index contributed by atoms with van der Waals surface area (Å²) < 4.78 is 0. The van der Waals surface area contributed by atoms with Gasteiger partial charge < -0.3 is 10.2 Å². The summed E-state index contributed by atoms with van der Waals surface area (Å²) in [6.45, 7) is 2.41. The van der Waals surface area contributed by atoms with Crippen molar-refractivity contribution in [2.24, 2.45) is 0 Å². The first kappa shape index (κ1) is 16.9. The zero-order valence-electron chi connectivity index (χ0n) is 13.4. The van der Waals surface area contributed by atoms with Gasteiger partial charge in [-0.3, -0.25) is 9.59 Å². The summed E-state index contributed by atoms with van der Waals surface area (Å²) in [6.07, 6.45) is 3.24. The van der Waals surface area contributed by atoms with Crippen LogP contribution in [0.4, 0.5) is 0 Å². The predicted octanol–water partition coefficient (Wildman–Crippen LogP) is 2.48. The SMILES string of the molecule is CNC(=O)c1ccc(CN(C)C(=O)C=Cc2csc(C)n2)cc1. The van der Waals surface area contributed by atoms with Crippen molar-refractivity contribution in [3.63, 3.8) is 0 Å². The third kappa shape index (κ3) is 4.75. The molecule has 0 saturated carbocycles. The molecule has 0 spiro atoms. The van der Waals surface area contributed by atoms with Crippen LogP contribution in [0.5, 0.6) is 0 Å². The van der Waals surface area contributed by atoms with E-state index < -0.39 is 0 Å². The second-order valence-electron chi connectivity index (χ2n) is 5.10. The number of amides is 2. The van der Waals surface area contributed by atoms with Gasteiger partial charge in [0.25, 0.3) is 5.91 Å². The van der Waals surface area contributed by atoms with Gasteiger partial charge >= 0.3 is 0 Å². The largest absolute Gasteiger partial charge is 0.355 e. The van der Waals surface area contributed by atoms with Gasteiger partial charge in [-0.15, -0.1) is 11.3 Å². The minimum Gasteiger partial charge on any atom is -0.355 e. The molecule has 0 bridgehead atoms. The van der Waals surface area contributed by atoms with E-state index in [4.69, 9.17) is 0 Å². The van der Waals surface area contributed by atoms with Crippen molar-refractivity contribution < 1.29 is 9.59 Å². The van der Waals surface area contributed by atoms with Crippen LogP contribution in [0, 0.1) is 6.92 Å². The van der Waals surface area contributed by atoms with Gasteiger partial charge in [0.05, 0.1) is 10.7 Å². The first-order valence-electron chi connectivity index (χ1n) is 7.16. The Balaban J connectivity index is 1.95. The molecule has 2 aromatic rings. The summed E-state index contributed by atoms with van der Waals surface area (Å²) in [5.41, 5.74) is 2.36. The highest BCUT2D eigenvalue weighted by atomic mass is 32.1. The molecule has 1 N–H and O–H groups in total. The summed E-state index contributed by atoms with van der Waals surface area (Å²) >= 11 is 1.55. The molecular weight excluding hydrogens is 310 g/mol. The summed E-state index contributed by atoms with van der Waals surface area (Å²) in [7, 11) is 3.34. The lowest BCUT2D eigenvalue weighted by molar-refractivity contribution is -0.125. The molecule has 0 fully saturated rings. The second kappa shape index (κ2) is 7.69. The van der Waals surface area contributed by atoms with Crippen LogP contribution in [-0.2, 0) is 11.3 Å². The normalized spacial score (nSPS) is 10.7. The number of benzene rings is 1. The lowest BCUT2D eigenvalue weighted by Gasteiger charge is -2.15. The standard InChI is InChI=1S/C17H19N3O2S/c1-12-19-15(11-23-12)8-9-16(21)20(3)10-13-4-6-14(7-5-13)17(22)18-2/h4-9,11H,10H2,1-3H3,(H,18,22). The average molecular weight is 329 g/mol. The molecule has 0 aliphatic rings. The van der Waals surface area contributed by atoms with Gasteiger partial charge in [-0.2, -0.15) is 0 Å². The second-order valence-corrected chi connectivity index (χ2v) is 6.16. The monoisotopic (exact) mass is 329 g/mol. The maximum atomic E-state index is 12.1. The fraction of sp³-hybridized carbons (Fsp3) is 0.235. The molecule has 1 aromatic heterocycles. The molecule has 1 heterocycles. The summed E-state index contributed by atoms with van der Waals surface area (Å²) in [6, 6.07) is 7.20. The van der Waals surface area contributed by atoms with E-state index in [9.17, 15) is 9.59 Å². The molecule has 120 valence electrons. The van der Waals surface area contributed by atoms with E-state index in [1.54, 1.807) is 48.5 Å². The number of rotatable bonds is 5. The van der Waals surface area contributed by atoms with Crippen LogP contribution < -0.4 is 5.32 Å². The van der Waals surface area contributed by atoms with E-state index in [1.165, 1.54) is 6.08 Å². The molecule has 2 rings (SSSR count). The molecule has 0 aliphatic heterocycles. The van der Waals surface area contributed by atoms with Gasteiger partial charge in [-0.25, -0.2) is 4.98 Å². The van der Waals surface area contributed by atoms with Crippen LogP contribution >= 0.6 is 11.3 Å². The zero-order valence-corrected chi connectivity index (χ0v) is 14.2. The quantitative estimate of drug-likeness (QED) is 0.857. The minimum absolute atomic E-state index is 0.0916. The minimum atomic E-state index is -0.123. The molecule has 0 radical (unpaired) electrons. The summed E-state index contributed by atoms with van der Waals surface area (Å²) in [5.74, 6) is -0.214. The Hall–Kier alpha value is -2.47. The first-order valence-corrected chi connectivity index (χ1v) is 8.04. The van der Waals surface area contributed by atoms with Crippen molar-refractivity contribution in [2.45, 2.75) is 13.5 Å². The molecule has 0 aliphatic carbocycles. The van der Waals surface area contributed by atoms with Crippen molar-refractivity contribution >= 4 is 29.2 Å². The number of hydrogen-bond donors (Lipinski definition) is 1. The van der Waals surface area contributed by atoms with E-state index in [2.05, 4.69) is 10.3 Å². The number of nitrogens with one attached hydrogen (secondary N) is 1. The van der Waals surface area contributed by atoms with Crippen molar-refractivity contribution in [2.75, 3.05) is 14.1 Å². The third-order valence-electron chi connectivity index (χ3n) is 3.27. The number of nitrogens with zero attached hydrogens (tertiary/aromatic N) is 2. The Morgan fingerprint density at radius 2 is 2.00 bits per heavy atom. The highest BCUT2D eigenvalue weighted by Gasteiger charge is 2.07. The van der Waals surface area contributed by atoms with E-state index >= 15 is 0 Å². The maximum Gasteiger partial charge on any atom is 0.251 e. The van der Waals surface area contributed by atoms with Crippen LogP contribution in [0.25, 0.3) is 6.08 Å². The molecule has 6 heteroatoms. The van der Waals surface area contributed by atoms with Crippen LogP contribution in [0.2, 0.25) is 0 Å². The Morgan fingerprint density at radius 1 is 1.30 bits per heavy atom. The number of aryl methyl sites for hydroxylation is 1. The number of likely N-dealkylation sites (N-methyl/N-ethyl adjacent to an activating group) is 1. The number of hydrogen-bond acceptors (Lipinski definition) is 4. The smallest absolute Gasteiger partial charge is 0.251 e. The van der Waals surface area contributed by atoms with Crippen molar-refractivity contribution in [1.29, 1.82) is 0 Å². The van der Waals surface area contributed by atoms with Gasteiger partial charge in [0.1, 0.15) is 0 Å². The number of carbonyl (C=O) groups excluding carboxylic acids is 2. The van der Waals surface area contributed by atoms with Gasteiger partial charge in [0.15, 0.2) is 0 Å². The highest BCUT2D eigenvalue weighted by molar-refractivity contribution is 7.09. The Kier molecular flexibility index (Phi) is 5.65. The van der Waals surface area contributed by atoms with Crippen molar-refractivity contribution in [3.05, 3.63) is 57.6 Å². The van der Waals surface area contributed by atoms with E-state index in [1.807, 2.05) is 24.4 Å². The molecule has 1 aromatic carbocycles. The molecular formula is C17H19N3O2S. The Morgan fingerprint density at radius 3 is 2.57 bits per heavy atom. The number of aromatic nitrogens is 1. The lowest BCUT2D eigenvalue weighted by atomic mass is 10.1. The molecule has 0 unspecified atom stereocenters.